The molecular formula is C19H15BClNO3S. The highest BCUT2D eigenvalue weighted by Gasteiger charge is 2.28. The molecule has 0 aliphatic rings. The van der Waals surface area contributed by atoms with E-state index in [1.54, 1.807) is 36.0 Å². The number of pyridine rings is 1. The van der Waals surface area contributed by atoms with Gasteiger partial charge in [-0.25, -0.2) is 9.78 Å². The summed E-state index contributed by atoms with van der Waals surface area (Å²) in [6, 6.07) is 17.8. The van der Waals surface area contributed by atoms with Gasteiger partial charge in [-0.15, -0.1) is 11.8 Å². The second kappa shape index (κ2) is 8.30. The number of thioether (sulfide) groups is 1. The summed E-state index contributed by atoms with van der Waals surface area (Å²) in [5.74, 6) is -0.928. The maximum Gasteiger partial charge on any atom is 0.430 e. The van der Waals surface area contributed by atoms with Crippen molar-refractivity contribution in [2.45, 2.75) is 4.90 Å². The molecule has 1 heterocycles. The van der Waals surface area contributed by atoms with Gasteiger partial charge in [-0.1, -0.05) is 35.9 Å². The number of nitrogens with zero attached hydrogens (tertiary/aromatic N) is 1. The van der Waals surface area contributed by atoms with Gasteiger partial charge in [-0.05, 0) is 53.6 Å². The predicted octanol–water partition coefficient (Wildman–Crippen LogP) is 3.13. The van der Waals surface area contributed by atoms with Crippen LogP contribution in [0.5, 0.6) is 5.75 Å². The van der Waals surface area contributed by atoms with Crippen LogP contribution in [0.1, 0.15) is 10.5 Å². The van der Waals surface area contributed by atoms with Crippen molar-refractivity contribution in [3.05, 3.63) is 77.6 Å². The smallest absolute Gasteiger partial charge is 0.430 e. The number of halogens is 1. The van der Waals surface area contributed by atoms with Crippen LogP contribution in [-0.4, -0.2) is 29.2 Å². The minimum Gasteiger partial charge on any atom is -0.521 e. The van der Waals surface area contributed by atoms with Gasteiger partial charge < -0.3 is 9.76 Å². The lowest BCUT2D eigenvalue weighted by atomic mass is 9.55. The van der Waals surface area contributed by atoms with Crippen molar-refractivity contribution in [1.82, 2.24) is 4.98 Å². The molecule has 0 saturated heterocycles. The lowest BCUT2D eigenvalue weighted by molar-refractivity contribution is 0.0729. The Labute approximate surface area is 161 Å². The maximum absolute atomic E-state index is 12.6. The summed E-state index contributed by atoms with van der Waals surface area (Å²) in [6.07, 6.45) is 3.41. The highest BCUT2D eigenvalue weighted by atomic mass is 35.5. The number of carbonyl (C=O) groups excluding carboxylic acids is 1. The minimum absolute atomic E-state index is 0.124. The number of rotatable bonds is 5. The van der Waals surface area contributed by atoms with Gasteiger partial charge >= 0.3 is 12.9 Å². The zero-order chi connectivity index (χ0) is 18.5. The van der Waals surface area contributed by atoms with Crippen LogP contribution in [0.15, 0.2) is 71.8 Å². The fourth-order valence-corrected chi connectivity index (χ4v) is 3.19. The molecule has 1 N–H and O–H groups in total. The van der Waals surface area contributed by atoms with Crippen LogP contribution in [0.25, 0.3) is 0 Å². The number of hydrogen-bond acceptors (Lipinski definition) is 5. The fourth-order valence-electron chi connectivity index (χ4n) is 2.52. The number of carbonyl (C=O) groups is 1. The van der Waals surface area contributed by atoms with E-state index in [4.69, 9.17) is 16.3 Å². The Kier molecular flexibility index (Phi) is 5.86. The van der Waals surface area contributed by atoms with Crippen molar-refractivity contribution in [2.75, 3.05) is 6.26 Å². The zero-order valence-electron chi connectivity index (χ0n) is 13.9. The summed E-state index contributed by atoms with van der Waals surface area (Å²) in [4.78, 5) is 17.5. The number of aromatic nitrogens is 1. The summed E-state index contributed by atoms with van der Waals surface area (Å²) in [7, 11) is 0. The third kappa shape index (κ3) is 4.21. The molecule has 2 aromatic carbocycles. The third-order valence-electron chi connectivity index (χ3n) is 3.75. The summed E-state index contributed by atoms with van der Waals surface area (Å²) >= 11 is 7.71. The van der Waals surface area contributed by atoms with Gasteiger partial charge in [0.25, 0.3) is 0 Å². The molecule has 0 aliphatic heterocycles. The van der Waals surface area contributed by atoms with Gasteiger partial charge in [0.15, 0.2) is 5.69 Å². The quantitative estimate of drug-likeness (QED) is 0.542. The molecule has 7 heteroatoms. The van der Waals surface area contributed by atoms with Crippen molar-refractivity contribution in [3.8, 4) is 5.75 Å². The summed E-state index contributed by atoms with van der Waals surface area (Å²) in [6.45, 7) is -0.672. The topological polar surface area (TPSA) is 59.4 Å². The average molecular weight is 384 g/mol. The predicted molar refractivity (Wildman–Crippen MR) is 106 cm³/mol. The number of hydrogen-bond donors (Lipinski definition) is 1. The fraction of sp³-hybridized carbons (Fsp3) is 0.0526. The molecule has 0 fully saturated rings. The van der Waals surface area contributed by atoms with E-state index in [0.29, 0.717) is 5.02 Å². The van der Waals surface area contributed by atoms with E-state index < -0.39 is 12.9 Å². The molecule has 0 bridgehead atoms. The molecule has 0 amide bonds. The van der Waals surface area contributed by atoms with Crippen LogP contribution in [0, 0.1) is 0 Å². The molecule has 0 unspecified atom stereocenters. The van der Waals surface area contributed by atoms with Crippen molar-refractivity contribution in [1.29, 1.82) is 0 Å². The number of aromatic hydroxyl groups is 1. The van der Waals surface area contributed by atoms with Crippen LogP contribution < -0.4 is 10.9 Å². The Balaban J connectivity index is 2.00. The molecule has 130 valence electrons. The molecule has 4 nitrogen and oxygen atoms in total. The second-order valence-corrected chi connectivity index (χ2v) is 6.80. The summed E-state index contributed by atoms with van der Waals surface area (Å²) < 4.78 is 5.71. The monoisotopic (exact) mass is 383 g/mol. The Morgan fingerprint density at radius 2 is 1.85 bits per heavy atom. The number of benzene rings is 2. The lowest BCUT2D eigenvalue weighted by Crippen LogP contribution is -2.46. The van der Waals surface area contributed by atoms with Crippen molar-refractivity contribution < 1.29 is 14.6 Å². The van der Waals surface area contributed by atoms with Gasteiger partial charge in [0.05, 0.1) is 0 Å². The van der Waals surface area contributed by atoms with E-state index in [9.17, 15) is 9.90 Å². The normalized spacial score (nSPS) is 10.4. The standard InChI is InChI=1S/C19H15BClNO3S/c1-26-16-8-3-6-14(12-16)20(13-5-2-7-15(21)11-13)25-19(24)18-17(23)9-4-10-22-18/h2-12,23H,1H3. The van der Waals surface area contributed by atoms with E-state index >= 15 is 0 Å². The van der Waals surface area contributed by atoms with Crippen LogP contribution in [0.3, 0.4) is 0 Å². The first-order valence-electron chi connectivity index (χ1n) is 7.83. The molecular weight excluding hydrogens is 369 g/mol. The van der Waals surface area contributed by atoms with E-state index in [2.05, 4.69) is 4.98 Å². The zero-order valence-corrected chi connectivity index (χ0v) is 15.5. The van der Waals surface area contributed by atoms with Crippen molar-refractivity contribution >= 4 is 47.2 Å². The molecule has 3 rings (SSSR count). The molecule has 1 aromatic heterocycles. The molecule has 0 aliphatic carbocycles. The van der Waals surface area contributed by atoms with E-state index in [1.807, 2.05) is 36.6 Å². The van der Waals surface area contributed by atoms with Gasteiger partial charge in [-0.3, -0.25) is 0 Å². The maximum atomic E-state index is 12.6. The first-order valence-corrected chi connectivity index (χ1v) is 9.43. The SMILES string of the molecule is CSc1cccc(B(OC(=O)c2ncccc2O)c2cccc(Cl)c2)c1. The van der Waals surface area contributed by atoms with E-state index in [1.165, 1.54) is 12.3 Å². The largest absolute Gasteiger partial charge is 0.521 e. The Bertz CT molecular complexity index is 938. The molecule has 0 atom stereocenters. The Morgan fingerprint density at radius 1 is 1.12 bits per heavy atom. The van der Waals surface area contributed by atoms with Gasteiger partial charge in [0.2, 0.25) is 0 Å². The summed E-state index contributed by atoms with van der Waals surface area (Å²) in [5.41, 5.74) is 1.42. The molecule has 0 radical (unpaired) electrons. The second-order valence-electron chi connectivity index (χ2n) is 5.49. The van der Waals surface area contributed by atoms with Gasteiger partial charge in [0.1, 0.15) is 5.75 Å². The van der Waals surface area contributed by atoms with Gasteiger partial charge in [0, 0.05) is 16.1 Å². The lowest BCUT2D eigenvalue weighted by Gasteiger charge is -2.16. The Morgan fingerprint density at radius 3 is 2.54 bits per heavy atom. The van der Waals surface area contributed by atoms with E-state index in [0.717, 1.165) is 15.8 Å². The highest BCUT2D eigenvalue weighted by molar-refractivity contribution is 7.98. The van der Waals surface area contributed by atoms with E-state index in [-0.39, 0.29) is 11.4 Å². The molecule has 0 saturated carbocycles. The van der Waals surface area contributed by atoms with Crippen LogP contribution in [-0.2, 0) is 4.65 Å². The van der Waals surface area contributed by atoms with Crippen molar-refractivity contribution in [3.63, 3.8) is 0 Å². The summed E-state index contributed by atoms with van der Waals surface area (Å²) in [5, 5.41) is 10.4. The molecule has 26 heavy (non-hydrogen) atoms. The molecule has 0 spiro atoms. The molecule has 3 aromatic rings. The first kappa shape index (κ1) is 18.4. The first-order chi connectivity index (χ1) is 12.6. The van der Waals surface area contributed by atoms with Gasteiger partial charge in [-0.2, -0.15) is 0 Å². The average Bonchev–Trinajstić information content (AvgIpc) is 2.66. The van der Waals surface area contributed by atoms with Crippen LogP contribution in [0.2, 0.25) is 5.02 Å². The third-order valence-corrected chi connectivity index (χ3v) is 4.71. The highest BCUT2D eigenvalue weighted by Crippen LogP contribution is 2.16. The van der Waals surface area contributed by atoms with Crippen molar-refractivity contribution in [2.24, 2.45) is 0 Å². The van der Waals surface area contributed by atoms with Crippen LogP contribution >= 0.6 is 23.4 Å². The Hall–Kier alpha value is -2.44. The van der Waals surface area contributed by atoms with Crippen LogP contribution in [0.4, 0.5) is 0 Å². The minimum atomic E-state index is -0.706.